The van der Waals surface area contributed by atoms with Crippen LogP contribution >= 0.6 is 0 Å². The first kappa shape index (κ1) is 17.9. The average Bonchev–Trinajstić information content (AvgIpc) is 2.93. The van der Waals surface area contributed by atoms with E-state index < -0.39 is 0 Å². The van der Waals surface area contributed by atoms with Crippen molar-refractivity contribution in [3.05, 3.63) is 23.5 Å². The molecule has 1 amide bonds. The highest BCUT2D eigenvalue weighted by Gasteiger charge is 2.15. The molecule has 0 aromatic carbocycles. The van der Waals surface area contributed by atoms with E-state index in [0.29, 0.717) is 37.3 Å². The largest absolute Gasteiger partial charge is 0.466 e. The number of ether oxygens (including phenoxy) is 1. The van der Waals surface area contributed by atoms with E-state index in [2.05, 4.69) is 15.4 Å². The molecule has 0 atom stereocenters. The first-order chi connectivity index (χ1) is 11.4. The van der Waals surface area contributed by atoms with Crippen LogP contribution in [0.15, 0.2) is 12.3 Å². The molecule has 0 fully saturated rings. The van der Waals surface area contributed by atoms with Crippen LogP contribution in [-0.4, -0.2) is 39.8 Å². The van der Waals surface area contributed by atoms with E-state index in [1.165, 1.54) is 0 Å². The average molecular weight is 332 g/mol. The van der Waals surface area contributed by atoms with Crippen molar-refractivity contribution in [2.24, 2.45) is 0 Å². The summed E-state index contributed by atoms with van der Waals surface area (Å²) in [5, 5.41) is 7.98. The molecule has 7 heteroatoms. The molecule has 0 aliphatic heterocycles. The zero-order chi connectivity index (χ0) is 17.7. The number of esters is 1. The SMILES string of the molecule is CCOC(=O)CCCNC(=O)c1cc2cnn(C(C)C)c2nc1C. The molecule has 0 spiro atoms. The molecule has 1 N–H and O–H groups in total. The van der Waals surface area contributed by atoms with Crippen molar-refractivity contribution < 1.29 is 14.3 Å². The number of hydrogen-bond acceptors (Lipinski definition) is 5. The topological polar surface area (TPSA) is 86.1 Å². The Morgan fingerprint density at radius 2 is 2.12 bits per heavy atom. The Bertz CT molecular complexity index is 737. The van der Waals surface area contributed by atoms with Gasteiger partial charge in [0.05, 0.1) is 24.1 Å². The number of nitrogens with one attached hydrogen (secondary N) is 1. The van der Waals surface area contributed by atoms with Crippen molar-refractivity contribution in [1.82, 2.24) is 20.1 Å². The lowest BCUT2D eigenvalue weighted by Gasteiger charge is -2.10. The second kappa shape index (κ2) is 7.90. The fourth-order valence-electron chi connectivity index (χ4n) is 2.44. The van der Waals surface area contributed by atoms with Crippen LogP contribution in [0.2, 0.25) is 0 Å². The van der Waals surface area contributed by atoms with Gasteiger partial charge in [-0.3, -0.25) is 9.59 Å². The summed E-state index contributed by atoms with van der Waals surface area (Å²) in [5.74, 6) is -0.435. The Hall–Kier alpha value is -2.44. The molecule has 0 radical (unpaired) electrons. The van der Waals surface area contributed by atoms with Gasteiger partial charge in [-0.1, -0.05) is 0 Å². The molecular weight excluding hydrogens is 308 g/mol. The maximum Gasteiger partial charge on any atom is 0.305 e. The van der Waals surface area contributed by atoms with Crippen LogP contribution < -0.4 is 5.32 Å². The fourth-order valence-corrected chi connectivity index (χ4v) is 2.44. The van der Waals surface area contributed by atoms with Gasteiger partial charge in [-0.2, -0.15) is 5.10 Å². The Morgan fingerprint density at radius 1 is 1.38 bits per heavy atom. The van der Waals surface area contributed by atoms with Gasteiger partial charge in [0.15, 0.2) is 5.65 Å². The Morgan fingerprint density at radius 3 is 2.79 bits per heavy atom. The van der Waals surface area contributed by atoms with Gasteiger partial charge in [0.1, 0.15) is 0 Å². The van der Waals surface area contributed by atoms with E-state index in [0.717, 1.165) is 11.0 Å². The minimum atomic E-state index is -0.243. The van der Waals surface area contributed by atoms with Gasteiger partial charge in [-0.15, -0.1) is 0 Å². The van der Waals surface area contributed by atoms with E-state index >= 15 is 0 Å². The summed E-state index contributed by atoms with van der Waals surface area (Å²) in [6, 6.07) is 2.02. The van der Waals surface area contributed by atoms with Crippen LogP contribution in [-0.2, 0) is 9.53 Å². The molecule has 0 aliphatic rings. The van der Waals surface area contributed by atoms with Gasteiger partial charge in [0, 0.05) is 24.4 Å². The number of hydrogen-bond donors (Lipinski definition) is 1. The predicted octanol–water partition coefficient (Wildman–Crippen LogP) is 2.39. The number of amides is 1. The minimum absolute atomic E-state index is 0.192. The Labute approximate surface area is 141 Å². The summed E-state index contributed by atoms with van der Waals surface area (Å²) in [6.07, 6.45) is 2.56. The smallest absolute Gasteiger partial charge is 0.305 e. The number of rotatable bonds is 7. The predicted molar refractivity (Wildman–Crippen MR) is 90.9 cm³/mol. The van der Waals surface area contributed by atoms with E-state index in [9.17, 15) is 9.59 Å². The molecule has 2 aromatic rings. The maximum absolute atomic E-state index is 12.3. The lowest BCUT2D eigenvalue weighted by Crippen LogP contribution is -2.26. The first-order valence-electron chi connectivity index (χ1n) is 8.22. The molecule has 0 aliphatic carbocycles. The van der Waals surface area contributed by atoms with Gasteiger partial charge in [0.2, 0.25) is 0 Å². The van der Waals surface area contributed by atoms with Gasteiger partial charge in [-0.25, -0.2) is 9.67 Å². The molecule has 130 valence electrons. The third kappa shape index (κ3) is 4.10. The summed E-state index contributed by atoms with van der Waals surface area (Å²) < 4.78 is 6.69. The molecule has 0 saturated carbocycles. The highest BCUT2D eigenvalue weighted by atomic mass is 16.5. The normalized spacial score (nSPS) is 11.0. The molecule has 2 aromatic heterocycles. The van der Waals surface area contributed by atoms with Crippen molar-refractivity contribution in [3.8, 4) is 0 Å². The summed E-state index contributed by atoms with van der Waals surface area (Å²) in [6.45, 7) is 8.44. The molecule has 24 heavy (non-hydrogen) atoms. The second-order valence-corrected chi connectivity index (χ2v) is 5.88. The number of nitrogens with zero attached hydrogens (tertiary/aromatic N) is 3. The molecule has 0 unspecified atom stereocenters. The number of carbonyl (C=O) groups is 2. The van der Waals surface area contributed by atoms with Gasteiger partial charge in [-0.05, 0) is 40.2 Å². The summed E-state index contributed by atoms with van der Waals surface area (Å²) in [7, 11) is 0. The van der Waals surface area contributed by atoms with Crippen molar-refractivity contribution in [2.75, 3.05) is 13.2 Å². The quantitative estimate of drug-likeness (QED) is 0.621. The molecule has 2 rings (SSSR count). The second-order valence-electron chi connectivity index (χ2n) is 5.88. The molecule has 2 heterocycles. The molecular formula is C17H24N4O3. The first-order valence-corrected chi connectivity index (χ1v) is 8.22. The van der Waals surface area contributed by atoms with Gasteiger partial charge >= 0.3 is 5.97 Å². The van der Waals surface area contributed by atoms with Crippen molar-refractivity contribution in [1.29, 1.82) is 0 Å². The van der Waals surface area contributed by atoms with Gasteiger partial charge in [0.25, 0.3) is 5.91 Å². The van der Waals surface area contributed by atoms with Crippen LogP contribution in [0.3, 0.4) is 0 Å². The van der Waals surface area contributed by atoms with E-state index in [4.69, 9.17) is 4.74 Å². The van der Waals surface area contributed by atoms with Crippen LogP contribution in [0, 0.1) is 6.92 Å². The van der Waals surface area contributed by atoms with Crippen LogP contribution in [0.4, 0.5) is 0 Å². The standard InChI is InChI=1S/C17H24N4O3/c1-5-24-15(22)7-6-8-18-17(23)14-9-13-10-19-21(11(2)3)16(13)20-12(14)4/h9-11H,5-8H2,1-4H3,(H,18,23). The lowest BCUT2D eigenvalue weighted by molar-refractivity contribution is -0.143. The fraction of sp³-hybridized carbons (Fsp3) is 0.529. The van der Waals surface area contributed by atoms with Crippen molar-refractivity contribution in [2.45, 2.75) is 46.6 Å². The number of aryl methyl sites for hydroxylation is 1. The number of aromatic nitrogens is 3. The Balaban J connectivity index is 2.02. The molecule has 7 nitrogen and oxygen atoms in total. The summed E-state index contributed by atoms with van der Waals surface area (Å²) >= 11 is 0. The summed E-state index contributed by atoms with van der Waals surface area (Å²) in [4.78, 5) is 28.1. The van der Waals surface area contributed by atoms with E-state index in [-0.39, 0.29) is 17.9 Å². The van der Waals surface area contributed by atoms with E-state index in [1.54, 1.807) is 13.1 Å². The van der Waals surface area contributed by atoms with Crippen LogP contribution in [0.5, 0.6) is 0 Å². The minimum Gasteiger partial charge on any atom is -0.466 e. The van der Waals surface area contributed by atoms with Gasteiger partial charge < -0.3 is 10.1 Å². The zero-order valence-corrected chi connectivity index (χ0v) is 14.6. The van der Waals surface area contributed by atoms with Crippen LogP contribution in [0.1, 0.15) is 55.7 Å². The van der Waals surface area contributed by atoms with Crippen LogP contribution in [0.25, 0.3) is 11.0 Å². The zero-order valence-electron chi connectivity index (χ0n) is 14.6. The molecule has 0 bridgehead atoms. The van der Waals surface area contributed by atoms with E-state index in [1.807, 2.05) is 31.5 Å². The van der Waals surface area contributed by atoms with Crippen molar-refractivity contribution in [3.63, 3.8) is 0 Å². The number of pyridine rings is 1. The lowest BCUT2D eigenvalue weighted by atomic mass is 10.1. The van der Waals surface area contributed by atoms with Crippen molar-refractivity contribution >= 4 is 22.9 Å². The monoisotopic (exact) mass is 332 g/mol. The molecule has 0 saturated heterocycles. The maximum atomic E-state index is 12.3. The summed E-state index contributed by atoms with van der Waals surface area (Å²) in [5.41, 5.74) is 1.97. The highest BCUT2D eigenvalue weighted by Crippen LogP contribution is 2.19. The highest BCUT2D eigenvalue weighted by molar-refractivity contribution is 5.98. The number of fused-ring (bicyclic) bond motifs is 1. The third-order valence-corrected chi connectivity index (χ3v) is 3.64. The third-order valence-electron chi connectivity index (χ3n) is 3.64. The Kier molecular flexibility index (Phi) is 5.89. The number of carbonyl (C=O) groups excluding carboxylic acids is 2.